The van der Waals surface area contributed by atoms with E-state index in [-0.39, 0.29) is 6.04 Å². The van der Waals surface area contributed by atoms with Gasteiger partial charge in [0.2, 0.25) is 0 Å². The average molecular weight is 259 g/mol. The third-order valence-corrected chi connectivity index (χ3v) is 5.06. The molecule has 2 bridgehead atoms. The summed E-state index contributed by atoms with van der Waals surface area (Å²) < 4.78 is 6.07. The maximum Gasteiger partial charge on any atom is 0.122 e. The van der Waals surface area contributed by atoms with E-state index in [4.69, 9.17) is 10.5 Å². The van der Waals surface area contributed by atoms with Crippen LogP contribution < -0.4 is 10.5 Å². The first-order valence-electron chi connectivity index (χ1n) is 7.62. The van der Waals surface area contributed by atoms with Gasteiger partial charge in [-0.3, -0.25) is 0 Å². The molecule has 2 heteroatoms. The standard InChI is InChI=1S/C17H25NO/c1-11-7-14(12(2)18)5-6-17(11)19-10-16-9-13-3-4-15(16)8-13/h5-7,12-13,15-16H,3-4,8-10,18H2,1-2H3. The molecule has 2 aliphatic carbocycles. The third kappa shape index (κ3) is 2.64. The summed E-state index contributed by atoms with van der Waals surface area (Å²) in [5.74, 6) is 3.77. The fourth-order valence-corrected chi connectivity index (χ4v) is 3.90. The molecule has 0 aromatic heterocycles. The molecule has 2 saturated carbocycles. The van der Waals surface area contributed by atoms with E-state index in [1.165, 1.54) is 36.8 Å². The minimum absolute atomic E-state index is 0.0957. The lowest BCUT2D eigenvalue weighted by atomic mass is 9.89. The molecular formula is C17H25NO. The minimum atomic E-state index is 0.0957. The molecule has 4 unspecified atom stereocenters. The molecule has 2 fully saturated rings. The second kappa shape index (κ2) is 5.16. The van der Waals surface area contributed by atoms with Crippen molar-refractivity contribution >= 4 is 0 Å². The lowest BCUT2D eigenvalue weighted by molar-refractivity contribution is 0.194. The molecule has 19 heavy (non-hydrogen) atoms. The number of ether oxygens (including phenoxy) is 1. The fourth-order valence-electron chi connectivity index (χ4n) is 3.90. The Hall–Kier alpha value is -1.02. The molecule has 0 spiro atoms. The van der Waals surface area contributed by atoms with Crippen LogP contribution in [0.1, 0.15) is 49.8 Å². The number of fused-ring (bicyclic) bond motifs is 2. The molecule has 0 radical (unpaired) electrons. The monoisotopic (exact) mass is 259 g/mol. The van der Waals surface area contributed by atoms with Crippen molar-refractivity contribution in [2.75, 3.05) is 6.61 Å². The number of nitrogens with two attached hydrogens (primary N) is 1. The Morgan fingerprint density at radius 1 is 1.32 bits per heavy atom. The van der Waals surface area contributed by atoms with Crippen molar-refractivity contribution in [2.24, 2.45) is 23.5 Å². The van der Waals surface area contributed by atoms with Gasteiger partial charge in [-0.15, -0.1) is 0 Å². The summed E-state index contributed by atoms with van der Waals surface area (Å²) in [6.45, 7) is 5.03. The Labute approximate surface area is 116 Å². The van der Waals surface area contributed by atoms with Crippen molar-refractivity contribution in [2.45, 2.75) is 45.6 Å². The van der Waals surface area contributed by atoms with Gasteiger partial charge in [0, 0.05) is 6.04 Å². The minimum Gasteiger partial charge on any atom is -0.493 e. The first-order chi connectivity index (χ1) is 9.13. The zero-order chi connectivity index (χ0) is 13.4. The lowest BCUT2D eigenvalue weighted by Gasteiger charge is -2.22. The van der Waals surface area contributed by atoms with Crippen LogP contribution in [0.25, 0.3) is 0 Å². The predicted octanol–water partition coefficient (Wildman–Crippen LogP) is 3.83. The second-order valence-electron chi connectivity index (χ2n) is 6.56. The Balaban J connectivity index is 1.61. The molecule has 0 aliphatic heterocycles. The molecule has 3 rings (SSSR count). The Kier molecular flexibility index (Phi) is 3.53. The van der Waals surface area contributed by atoms with Gasteiger partial charge >= 0.3 is 0 Å². The van der Waals surface area contributed by atoms with Crippen molar-refractivity contribution in [1.82, 2.24) is 0 Å². The van der Waals surface area contributed by atoms with Gasteiger partial charge < -0.3 is 10.5 Å². The second-order valence-corrected chi connectivity index (χ2v) is 6.56. The first kappa shape index (κ1) is 13.0. The van der Waals surface area contributed by atoms with Gasteiger partial charge in [0.15, 0.2) is 0 Å². The van der Waals surface area contributed by atoms with Crippen LogP contribution in [-0.4, -0.2) is 6.61 Å². The summed E-state index contributed by atoms with van der Waals surface area (Å²) in [7, 11) is 0. The summed E-state index contributed by atoms with van der Waals surface area (Å²) >= 11 is 0. The van der Waals surface area contributed by atoms with Gasteiger partial charge in [0.1, 0.15) is 5.75 Å². The van der Waals surface area contributed by atoms with Crippen LogP contribution in [0.4, 0.5) is 0 Å². The predicted molar refractivity (Wildman–Crippen MR) is 78.2 cm³/mol. The lowest BCUT2D eigenvalue weighted by Crippen LogP contribution is -2.18. The van der Waals surface area contributed by atoms with Crippen LogP contribution >= 0.6 is 0 Å². The molecule has 1 aromatic carbocycles. The van der Waals surface area contributed by atoms with Crippen LogP contribution in [0, 0.1) is 24.7 Å². The molecule has 0 heterocycles. The number of rotatable bonds is 4. The Morgan fingerprint density at radius 2 is 2.16 bits per heavy atom. The summed E-state index contributed by atoms with van der Waals surface area (Å²) in [6, 6.07) is 6.42. The molecule has 0 amide bonds. The molecule has 1 aromatic rings. The van der Waals surface area contributed by atoms with Crippen LogP contribution in [0.15, 0.2) is 18.2 Å². The molecule has 2 nitrogen and oxygen atoms in total. The van der Waals surface area contributed by atoms with E-state index in [1.807, 2.05) is 6.92 Å². The largest absolute Gasteiger partial charge is 0.493 e. The fraction of sp³-hybridized carbons (Fsp3) is 0.647. The highest BCUT2D eigenvalue weighted by molar-refractivity contribution is 5.37. The van der Waals surface area contributed by atoms with E-state index in [0.29, 0.717) is 0 Å². The topological polar surface area (TPSA) is 35.2 Å². The van der Waals surface area contributed by atoms with Gasteiger partial charge in [-0.2, -0.15) is 0 Å². The molecule has 104 valence electrons. The van der Waals surface area contributed by atoms with E-state index in [9.17, 15) is 0 Å². The molecule has 2 N–H and O–H groups in total. The third-order valence-electron chi connectivity index (χ3n) is 5.06. The maximum atomic E-state index is 6.07. The molecular weight excluding hydrogens is 234 g/mol. The molecule has 2 aliphatic rings. The van der Waals surface area contributed by atoms with Crippen molar-refractivity contribution in [3.8, 4) is 5.75 Å². The van der Waals surface area contributed by atoms with Crippen LogP contribution in [-0.2, 0) is 0 Å². The summed E-state index contributed by atoms with van der Waals surface area (Å²) in [6.07, 6.45) is 5.74. The van der Waals surface area contributed by atoms with Crippen molar-refractivity contribution in [3.63, 3.8) is 0 Å². The van der Waals surface area contributed by atoms with Crippen molar-refractivity contribution in [1.29, 1.82) is 0 Å². The van der Waals surface area contributed by atoms with Gasteiger partial charge in [0.05, 0.1) is 6.61 Å². The summed E-state index contributed by atoms with van der Waals surface area (Å²) in [4.78, 5) is 0. The number of benzene rings is 1. The van der Waals surface area contributed by atoms with Crippen LogP contribution in [0.2, 0.25) is 0 Å². The van der Waals surface area contributed by atoms with Gasteiger partial charge in [-0.1, -0.05) is 18.6 Å². The number of aryl methyl sites for hydroxylation is 1. The molecule has 0 saturated heterocycles. The summed E-state index contributed by atoms with van der Waals surface area (Å²) in [5, 5.41) is 0. The van der Waals surface area contributed by atoms with Gasteiger partial charge in [-0.25, -0.2) is 0 Å². The van der Waals surface area contributed by atoms with E-state index >= 15 is 0 Å². The van der Waals surface area contributed by atoms with E-state index in [1.54, 1.807) is 0 Å². The number of hydrogen-bond acceptors (Lipinski definition) is 2. The highest BCUT2D eigenvalue weighted by Gasteiger charge is 2.39. The molecule has 4 atom stereocenters. The van der Waals surface area contributed by atoms with E-state index < -0.39 is 0 Å². The quantitative estimate of drug-likeness (QED) is 0.892. The first-order valence-corrected chi connectivity index (χ1v) is 7.62. The average Bonchev–Trinajstić information content (AvgIpc) is 2.99. The highest BCUT2D eigenvalue weighted by Crippen LogP contribution is 2.48. The Morgan fingerprint density at radius 3 is 2.74 bits per heavy atom. The normalized spacial score (nSPS) is 30.6. The van der Waals surface area contributed by atoms with Gasteiger partial charge in [-0.05, 0) is 68.1 Å². The smallest absolute Gasteiger partial charge is 0.122 e. The SMILES string of the molecule is Cc1cc(C(C)N)ccc1OCC1CC2CCC1C2. The van der Waals surface area contributed by atoms with E-state index in [2.05, 4.69) is 25.1 Å². The van der Waals surface area contributed by atoms with Crippen molar-refractivity contribution in [3.05, 3.63) is 29.3 Å². The van der Waals surface area contributed by atoms with Crippen LogP contribution in [0.3, 0.4) is 0 Å². The van der Waals surface area contributed by atoms with Gasteiger partial charge in [0.25, 0.3) is 0 Å². The van der Waals surface area contributed by atoms with Crippen molar-refractivity contribution < 1.29 is 4.74 Å². The highest BCUT2D eigenvalue weighted by atomic mass is 16.5. The summed E-state index contributed by atoms with van der Waals surface area (Å²) in [5.41, 5.74) is 8.30. The van der Waals surface area contributed by atoms with Crippen LogP contribution in [0.5, 0.6) is 5.75 Å². The zero-order valence-electron chi connectivity index (χ0n) is 12.1. The Bertz CT molecular complexity index is 455. The zero-order valence-corrected chi connectivity index (χ0v) is 12.1. The van der Waals surface area contributed by atoms with E-state index in [0.717, 1.165) is 30.1 Å². The number of hydrogen-bond donors (Lipinski definition) is 1. The maximum absolute atomic E-state index is 6.07.